The SMILES string of the molecule is CC[C@H](C)Oc1ccc(NC(=O)C2(c3ccc(C)cc3)CCCC2)c(C#N)c1. The van der Waals surface area contributed by atoms with Crippen LogP contribution >= 0.6 is 0 Å². The van der Waals surface area contributed by atoms with Crippen LogP contribution in [-0.2, 0) is 10.2 Å². The van der Waals surface area contributed by atoms with Gasteiger partial charge in [0.25, 0.3) is 0 Å². The largest absolute Gasteiger partial charge is 0.491 e. The summed E-state index contributed by atoms with van der Waals surface area (Å²) in [5.74, 6) is 0.624. The van der Waals surface area contributed by atoms with Crippen molar-refractivity contribution < 1.29 is 9.53 Å². The molecule has 1 aliphatic rings. The van der Waals surface area contributed by atoms with Crippen molar-refractivity contribution in [2.45, 2.75) is 64.4 Å². The molecule has 3 rings (SSSR count). The Labute approximate surface area is 167 Å². The summed E-state index contributed by atoms with van der Waals surface area (Å²) < 4.78 is 5.80. The van der Waals surface area contributed by atoms with Gasteiger partial charge in [-0.15, -0.1) is 0 Å². The molecule has 1 aliphatic carbocycles. The number of carbonyl (C=O) groups is 1. The molecule has 2 aromatic rings. The fourth-order valence-corrected chi connectivity index (χ4v) is 3.85. The zero-order chi connectivity index (χ0) is 20.1. The molecule has 0 unspecified atom stereocenters. The molecule has 1 saturated carbocycles. The summed E-state index contributed by atoms with van der Waals surface area (Å²) in [6.07, 6.45) is 4.70. The topological polar surface area (TPSA) is 62.1 Å². The van der Waals surface area contributed by atoms with Gasteiger partial charge in [-0.05, 0) is 50.8 Å². The second-order valence-corrected chi connectivity index (χ2v) is 7.77. The minimum Gasteiger partial charge on any atom is -0.491 e. The van der Waals surface area contributed by atoms with E-state index in [4.69, 9.17) is 4.74 Å². The van der Waals surface area contributed by atoms with Crippen LogP contribution in [0.4, 0.5) is 5.69 Å². The van der Waals surface area contributed by atoms with E-state index in [0.717, 1.165) is 37.7 Å². The van der Waals surface area contributed by atoms with Crippen molar-refractivity contribution in [3.05, 3.63) is 59.2 Å². The van der Waals surface area contributed by atoms with Gasteiger partial charge in [0, 0.05) is 6.07 Å². The molecule has 0 aliphatic heterocycles. The van der Waals surface area contributed by atoms with E-state index in [1.807, 2.05) is 19.9 Å². The number of carbonyl (C=O) groups excluding carboxylic acids is 1. The number of nitrogens with one attached hydrogen (secondary N) is 1. The second kappa shape index (κ2) is 8.48. The number of aryl methyl sites for hydroxylation is 1. The van der Waals surface area contributed by atoms with Gasteiger partial charge < -0.3 is 10.1 Å². The lowest BCUT2D eigenvalue weighted by Gasteiger charge is -2.28. The molecule has 0 bridgehead atoms. The highest BCUT2D eigenvalue weighted by molar-refractivity contribution is 6.00. The molecule has 4 nitrogen and oxygen atoms in total. The lowest BCUT2D eigenvalue weighted by Crippen LogP contribution is -2.38. The molecular formula is C24H28N2O2. The predicted molar refractivity (Wildman–Crippen MR) is 111 cm³/mol. The molecule has 0 spiro atoms. The van der Waals surface area contributed by atoms with Gasteiger partial charge in [-0.1, -0.05) is 49.6 Å². The van der Waals surface area contributed by atoms with Gasteiger partial charge in [0.1, 0.15) is 11.8 Å². The van der Waals surface area contributed by atoms with Crippen molar-refractivity contribution in [2.24, 2.45) is 0 Å². The van der Waals surface area contributed by atoms with Crippen LogP contribution in [0.2, 0.25) is 0 Å². The molecule has 28 heavy (non-hydrogen) atoms. The van der Waals surface area contributed by atoms with Crippen molar-refractivity contribution >= 4 is 11.6 Å². The Hall–Kier alpha value is -2.80. The number of hydrogen-bond donors (Lipinski definition) is 1. The first-order valence-corrected chi connectivity index (χ1v) is 10.1. The van der Waals surface area contributed by atoms with E-state index in [-0.39, 0.29) is 12.0 Å². The van der Waals surface area contributed by atoms with Gasteiger partial charge in [0.05, 0.1) is 22.8 Å². The number of nitriles is 1. The zero-order valence-electron chi connectivity index (χ0n) is 16.9. The van der Waals surface area contributed by atoms with Gasteiger partial charge in [-0.25, -0.2) is 0 Å². The number of rotatable bonds is 6. The van der Waals surface area contributed by atoms with Crippen LogP contribution in [0.15, 0.2) is 42.5 Å². The summed E-state index contributed by atoms with van der Waals surface area (Å²) in [6, 6.07) is 15.7. The lowest BCUT2D eigenvalue weighted by molar-refractivity contribution is -0.121. The summed E-state index contributed by atoms with van der Waals surface area (Å²) >= 11 is 0. The Morgan fingerprint density at radius 1 is 1.21 bits per heavy atom. The highest BCUT2D eigenvalue weighted by Gasteiger charge is 2.42. The quantitative estimate of drug-likeness (QED) is 0.724. The highest BCUT2D eigenvalue weighted by Crippen LogP contribution is 2.42. The first-order valence-electron chi connectivity index (χ1n) is 10.1. The summed E-state index contributed by atoms with van der Waals surface area (Å²) in [5, 5.41) is 12.6. The third kappa shape index (κ3) is 4.04. The average molecular weight is 377 g/mol. The van der Waals surface area contributed by atoms with Crippen molar-refractivity contribution in [3.8, 4) is 11.8 Å². The van der Waals surface area contributed by atoms with Crippen molar-refractivity contribution in [2.75, 3.05) is 5.32 Å². The highest BCUT2D eigenvalue weighted by atomic mass is 16.5. The minimum atomic E-state index is -0.522. The molecule has 1 N–H and O–H groups in total. The van der Waals surface area contributed by atoms with E-state index in [2.05, 4.69) is 42.6 Å². The monoisotopic (exact) mass is 376 g/mol. The Kier molecular flexibility index (Phi) is 6.04. The summed E-state index contributed by atoms with van der Waals surface area (Å²) in [4.78, 5) is 13.3. The molecule has 0 saturated heterocycles. The molecule has 0 heterocycles. The molecule has 4 heteroatoms. The molecule has 1 atom stereocenters. The molecule has 1 amide bonds. The Bertz CT molecular complexity index is 874. The Balaban J connectivity index is 1.86. The second-order valence-electron chi connectivity index (χ2n) is 7.77. The number of nitrogens with zero attached hydrogens (tertiary/aromatic N) is 1. The third-order valence-electron chi connectivity index (χ3n) is 5.77. The fraction of sp³-hybridized carbons (Fsp3) is 0.417. The molecule has 146 valence electrons. The van der Waals surface area contributed by atoms with Gasteiger partial charge in [0.15, 0.2) is 0 Å². The number of anilines is 1. The molecule has 0 aromatic heterocycles. The molecule has 2 aromatic carbocycles. The standard InChI is InChI=1S/C24H28N2O2/c1-4-18(3)28-21-11-12-22(19(15-21)16-25)26-23(27)24(13-5-6-14-24)20-9-7-17(2)8-10-20/h7-12,15,18H,4-6,13-14H2,1-3H3,(H,26,27)/t18-/m0/s1. The Morgan fingerprint density at radius 3 is 2.50 bits per heavy atom. The maximum atomic E-state index is 13.3. The van der Waals surface area contributed by atoms with E-state index in [9.17, 15) is 10.1 Å². The first-order chi connectivity index (χ1) is 13.5. The van der Waals surface area contributed by atoms with Crippen molar-refractivity contribution in [3.63, 3.8) is 0 Å². The van der Waals surface area contributed by atoms with Crippen LogP contribution in [0.25, 0.3) is 0 Å². The summed E-state index contributed by atoms with van der Waals surface area (Å²) in [6.45, 7) is 6.09. The summed E-state index contributed by atoms with van der Waals surface area (Å²) in [7, 11) is 0. The third-order valence-corrected chi connectivity index (χ3v) is 5.77. The van der Waals surface area contributed by atoms with Crippen LogP contribution in [0, 0.1) is 18.3 Å². The van der Waals surface area contributed by atoms with Crippen LogP contribution < -0.4 is 10.1 Å². The maximum Gasteiger partial charge on any atom is 0.235 e. The number of hydrogen-bond acceptors (Lipinski definition) is 3. The number of benzene rings is 2. The molecule has 0 radical (unpaired) electrons. The van der Waals surface area contributed by atoms with E-state index in [1.165, 1.54) is 5.56 Å². The zero-order valence-corrected chi connectivity index (χ0v) is 16.9. The van der Waals surface area contributed by atoms with Gasteiger partial charge in [0.2, 0.25) is 5.91 Å². The fourth-order valence-electron chi connectivity index (χ4n) is 3.85. The van der Waals surface area contributed by atoms with E-state index < -0.39 is 5.41 Å². The Morgan fingerprint density at radius 2 is 1.89 bits per heavy atom. The smallest absolute Gasteiger partial charge is 0.235 e. The van der Waals surface area contributed by atoms with Gasteiger partial charge >= 0.3 is 0 Å². The van der Waals surface area contributed by atoms with Crippen LogP contribution in [0.3, 0.4) is 0 Å². The number of ether oxygens (including phenoxy) is 1. The van der Waals surface area contributed by atoms with E-state index in [0.29, 0.717) is 17.0 Å². The lowest BCUT2D eigenvalue weighted by atomic mass is 9.77. The number of amides is 1. The van der Waals surface area contributed by atoms with Crippen molar-refractivity contribution in [1.82, 2.24) is 0 Å². The maximum absolute atomic E-state index is 13.3. The van der Waals surface area contributed by atoms with E-state index >= 15 is 0 Å². The van der Waals surface area contributed by atoms with Gasteiger partial charge in [-0.2, -0.15) is 5.26 Å². The normalized spacial score (nSPS) is 16.2. The average Bonchev–Trinajstić information content (AvgIpc) is 3.20. The summed E-state index contributed by atoms with van der Waals surface area (Å²) in [5.41, 5.74) is 2.68. The predicted octanol–water partition coefficient (Wildman–Crippen LogP) is 5.49. The molecule has 1 fully saturated rings. The van der Waals surface area contributed by atoms with Crippen molar-refractivity contribution in [1.29, 1.82) is 5.26 Å². The van der Waals surface area contributed by atoms with Crippen LogP contribution in [-0.4, -0.2) is 12.0 Å². The van der Waals surface area contributed by atoms with E-state index in [1.54, 1.807) is 12.1 Å². The first kappa shape index (κ1) is 19.9. The van der Waals surface area contributed by atoms with Crippen LogP contribution in [0.5, 0.6) is 5.75 Å². The molecular weight excluding hydrogens is 348 g/mol. The van der Waals surface area contributed by atoms with Crippen LogP contribution in [0.1, 0.15) is 62.6 Å². The minimum absolute atomic E-state index is 0.0269. The van der Waals surface area contributed by atoms with Gasteiger partial charge in [-0.3, -0.25) is 4.79 Å².